The van der Waals surface area contributed by atoms with Gasteiger partial charge in [0.15, 0.2) is 5.96 Å². The first-order chi connectivity index (χ1) is 25.3. The number of H-pyrrole nitrogens is 1. The molecule has 0 aliphatic heterocycles. The van der Waals surface area contributed by atoms with Crippen molar-refractivity contribution < 1.29 is 24.0 Å². The molecule has 17 heteroatoms. The van der Waals surface area contributed by atoms with Gasteiger partial charge in [-0.15, -0.1) is 0 Å². The molecule has 0 unspecified atom stereocenters. The van der Waals surface area contributed by atoms with Crippen LogP contribution in [0.1, 0.15) is 57.2 Å². The summed E-state index contributed by atoms with van der Waals surface area (Å²) in [5.41, 5.74) is 29.5. The van der Waals surface area contributed by atoms with Gasteiger partial charge in [0.1, 0.15) is 24.2 Å². The lowest BCUT2D eigenvalue weighted by atomic mass is 9.99. The summed E-state index contributed by atoms with van der Waals surface area (Å²) in [4.78, 5) is 77.6. The van der Waals surface area contributed by atoms with Crippen LogP contribution in [0.15, 0.2) is 60.0 Å². The van der Waals surface area contributed by atoms with Crippen LogP contribution in [0.3, 0.4) is 0 Å². The summed E-state index contributed by atoms with van der Waals surface area (Å²) in [5, 5.41) is 12.9. The first-order valence-electron chi connectivity index (χ1n) is 17.8. The van der Waals surface area contributed by atoms with E-state index in [1.807, 2.05) is 42.5 Å². The molecule has 2 aromatic carbocycles. The van der Waals surface area contributed by atoms with Gasteiger partial charge in [-0.25, -0.2) is 4.98 Å². The van der Waals surface area contributed by atoms with E-state index in [0.717, 1.165) is 16.3 Å². The number of fused-ring (bicyclic) bond motifs is 1. The summed E-state index contributed by atoms with van der Waals surface area (Å²) in [6.45, 7) is 4.11. The Labute approximate surface area is 309 Å². The van der Waals surface area contributed by atoms with Gasteiger partial charge in [0, 0.05) is 31.3 Å². The Kier molecular flexibility index (Phi) is 16.7. The predicted octanol–water partition coefficient (Wildman–Crippen LogP) is -1.06. The molecule has 17 nitrogen and oxygen atoms in total. The van der Waals surface area contributed by atoms with E-state index < -0.39 is 65.7 Å². The number of nitrogens with one attached hydrogen (secondary N) is 5. The number of carbonyl (C=O) groups is 5. The van der Waals surface area contributed by atoms with Crippen LogP contribution in [0, 0.1) is 5.92 Å². The van der Waals surface area contributed by atoms with Crippen molar-refractivity contribution in [1.82, 2.24) is 31.2 Å². The number of aromatic amines is 1. The number of imidazole rings is 1. The van der Waals surface area contributed by atoms with Gasteiger partial charge < -0.3 is 54.9 Å². The van der Waals surface area contributed by atoms with Gasteiger partial charge in [-0.05, 0) is 54.5 Å². The molecule has 0 saturated carbocycles. The third-order valence-electron chi connectivity index (χ3n) is 8.66. The van der Waals surface area contributed by atoms with Crippen LogP contribution >= 0.6 is 0 Å². The molecule has 53 heavy (non-hydrogen) atoms. The van der Waals surface area contributed by atoms with Crippen molar-refractivity contribution in [3.05, 3.63) is 66.2 Å². The van der Waals surface area contributed by atoms with Crippen LogP contribution in [-0.4, -0.2) is 88.8 Å². The number of rotatable bonds is 22. The van der Waals surface area contributed by atoms with Crippen molar-refractivity contribution in [3.8, 4) is 0 Å². The number of primary amides is 1. The number of nitrogens with zero attached hydrogens (tertiary/aromatic N) is 2. The topological polar surface area (TPSA) is 305 Å². The number of hydrogen-bond acceptors (Lipinski definition) is 9. The number of carbonyl (C=O) groups excluding carboxylic acids is 5. The summed E-state index contributed by atoms with van der Waals surface area (Å²) < 4.78 is 0. The number of unbranched alkanes of at least 4 members (excludes halogenated alkanes) is 1. The maximum atomic E-state index is 13.8. The van der Waals surface area contributed by atoms with Crippen LogP contribution in [0.5, 0.6) is 0 Å². The average Bonchev–Trinajstić information content (AvgIpc) is 3.64. The second-order valence-corrected chi connectivity index (χ2v) is 13.3. The molecule has 0 aliphatic rings. The number of guanidine groups is 1. The van der Waals surface area contributed by atoms with Gasteiger partial charge in [-0.3, -0.25) is 29.0 Å². The van der Waals surface area contributed by atoms with E-state index >= 15 is 0 Å². The van der Waals surface area contributed by atoms with Gasteiger partial charge in [-0.2, -0.15) is 0 Å². The highest BCUT2D eigenvalue weighted by atomic mass is 16.2. The van der Waals surface area contributed by atoms with Gasteiger partial charge in [-0.1, -0.05) is 62.7 Å². The molecule has 0 saturated heterocycles. The Morgan fingerprint density at radius 3 is 2.09 bits per heavy atom. The fourth-order valence-electron chi connectivity index (χ4n) is 5.66. The van der Waals surface area contributed by atoms with Gasteiger partial charge in [0.2, 0.25) is 29.5 Å². The van der Waals surface area contributed by atoms with Crippen molar-refractivity contribution in [2.24, 2.45) is 39.6 Å². The minimum atomic E-state index is -1.19. The van der Waals surface area contributed by atoms with Crippen LogP contribution in [0.2, 0.25) is 0 Å². The highest BCUT2D eigenvalue weighted by Gasteiger charge is 2.33. The molecule has 5 atom stereocenters. The second-order valence-electron chi connectivity index (χ2n) is 13.3. The van der Waals surface area contributed by atoms with Crippen LogP contribution in [0.25, 0.3) is 10.8 Å². The molecule has 0 aliphatic carbocycles. The molecule has 0 bridgehead atoms. The number of amides is 5. The largest absolute Gasteiger partial charge is 0.370 e. The Hall–Kier alpha value is -5.55. The highest BCUT2D eigenvalue weighted by molar-refractivity contribution is 5.96. The molecule has 0 radical (unpaired) electrons. The Balaban J connectivity index is 1.77. The number of nitrogens with two attached hydrogens (primary N) is 5. The van der Waals surface area contributed by atoms with E-state index in [1.165, 1.54) is 12.5 Å². The SMILES string of the molecule is CC(C)[C@H](NC(=O)[C@H](CCCN=C(N)N)NC(=O)[C@@H](N)CCCCN)C(=O)N[C@@H](Cc1cnc[nH]1)C(=O)N[C@@H](Cc1ccc2ccccc2c1)C(N)=O. The smallest absolute Gasteiger partial charge is 0.243 e. The first-order valence-corrected chi connectivity index (χ1v) is 17.8. The number of hydrogen-bond donors (Lipinski definition) is 10. The molecule has 5 amide bonds. The molecule has 15 N–H and O–H groups in total. The summed E-state index contributed by atoms with van der Waals surface area (Å²) >= 11 is 0. The second kappa shape index (κ2) is 21.1. The van der Waals surface area contributed by atoms with Gasteiger partial charge in [0.25, 0.3) is 0 Å². The standard InChI is InChI=1S/C36H54N12O5/c1-21(2)30(48-33(51)27(11-7-15-43-36(40)41)45-32(50)26(38)10-5-6-14-37)35(53)47-29(18-25-19-42-20-44-25)34(52)46-28(31(39)49)17-22-12-13-23-8-3-4-9-24(23)16-22/h3-4,8-9,12-13,16,19-21,26-30H,5-7,10-11,14-15,17-18,37-38H2,1-2H3,(H2,39,49)(H,42,44)(H,45,50)(H,46,52)(H,47,53)(H,48,51)(H4,40,41,43)/t26-,27-,28-,29-,30-/m0/s1. The molecular weight excluding hydrogens is 680 g/mol. The Bertz CT molecular complexity index is 1690. The van der Waals surface area contributed by atoms with Crippen LogP contribution in [-0.2, 0) is 36.8 Å². The van der Waals surface area contributed by atoms with E-state index in [1.54, 1.807) is 13.8 Å². The lowest BCUT2D eigenvalue weighted by molar-refractivity contribution is -0.135. The fourth-order valence-corrected chi connectivity index (χ4v) is 5.66. The van der Waals surface area contributed by atoms with Crippen molar-refractivity contribution in [3.63, 3.8) is 0 Å². The quantitative estimate of drug-likeness (QED) is 0.0339. The average molecular weight is 735 g/mol. The molecule has 3 aromatic rings. The maximum Gasteiger partial charge on any atom is 0.243 e. The zero-order chi connectivity index (χ0) is 38.9. The zero-order valence-corrected chi connectivity index (χ0v) is 30.3. The van der Waals surface area contributed by atoms with Crippen LogP contribution < -0.4 is 49.9 Å². The summed E-state index contributed by atoms with van der Waals surface area (Å²) in [7, 11) is 0. The van der Waals surface area contributed by atoms with Crippen molar-refractivity contribution >= 4 is 46.3 Å². The number of benzene rings is 2. The zero-order valence-electron chi connectivity index (χ0n) is 30.3. The summed E-state index contributed by atoms with van der Waals surface area (Å²) in [6, 6.07) is 8.09. The highest BCUT2D eigenvalue weighted by Crippen LogP contribution is 2.17. The monoisotopic (exact) mass is 734 g/mol. The van der Waals surface area contributed by atoms with Crippen molar-refractivity contribution in [2.75, 3.05) is 13.1 Å². The molecule has 3 rings (SSSR count). The van der Waals surface area contributed by atoms with Crippen molar-refractivity contribution in [1.29, 1.82) is 0 Å². The molecule has 1 aromatic heterocycles. The predicted molar refractivity (Wildman–Crippen MR) is 202 cm³/mol. The van der Waals surface area contributed by atoms with Crippen molar-refractivity contribution in [2.45, 2.75) is 89.0 Å². The lowest BCUT2D eigenvalue weighted by Gasteiger charge is -2.28. The van der Waals surface area contributed by atoms with E-state index in [9.17, 15) is 24.0 Å². The third kappa shape index (κ3) is 13.8. The molecule has 288 valence electrons. The minimum absolute atomic E-state index is 0.0106. The minimum Gasteiger partial charge on any atom is -0.370 e. The molecule has 1 heterocycles. The maximum absolute atomic E-state index is 13.8. The normalized spacial score (nSPS) is 14.0. The fraction of sp³-hybridized carbons (Fsp3) is 0.472. The first kappa shape index (κ1) is 41.9. The van der Waals surface area contributed by atoms with Gasteiger partial charge >= 0.3 is 0 Å². The van der Waals surface area contributed by atoms with E-state index in [2.05, 4.69) is 36.2 Å². The van der Waals surface area contributed by atoms with E-state index in [0.29, 0.717) is 37.9 Å². The Morgan fingerprint density at radius 1 is 0.774 bits per heavy atom. The van der Waals surface area contributed by atoms with Gasteiger partial charge in [0.05, 0.1) is 12.4 Å². The number of aliphatic imine (C=N–C) groups is 1. The summed E-state index contributed by atoms with van der Waals surface area (Å²) in [6.07, 6.45) is 5.24. The number of aromatic nitrogens is 2. The lowest BCUT2D eigenvalue weighted by Crippen LogP contribution is -2.60. The summed E-state index contributed by atoms with van der Waals surface area (Å²) in [5.74, 6) is -3.81. The molecule has 0 spiro atoms. The third-order valence-corrected chi connectivity index (χ3v) is 8.66. The molecular formula is C36H54N12O5. The van der Waals surface area contributed by atoms with E-state index in [-0.39, 0.29) is 31.8 Å². The molecule has 0 fully saturated rings. The van der Waals surface area contributed by atoms with Crippen LogP contribution in [0.4, 0.5) is 0 Å². The van der Waals surface area contributed by atoms with E-state index in [4.69, 9.17) is 28.7 Å². The Morgan fingerprint density at radius 2 is 1.45 bits per heavy atom.